The summed E-state index contributed by atoms with van der Waals surface area (Å²) in [6.07, 6.45) is 7.10. The average Bonchev–Trinajstić information content (AvgIpc) is 3.14. The molecule has 1 unspecified atom stereocenters. The van der Waals surface area contributed by atoms with Gasteiger partial charge in [0.25, 0.3) is 0 Å². The molecular weight excluding hydrogens is 344 g/mol. The minimum atomic E-state index is -0.384. The lowest BCUT2D eigenvalue weighted by molar-refractivity contribution is -0.0285. The molecule has 1 aromatic carbocycles. The van der Waals surface area contributed by atoms with E-state index in [0.29, 0.717) is 17.4 Å². The zero-order valence-corrected chi connectivity index (χ0v) is 19.5. The van der Waals surface area contributed by atoms with Crippen molar-refractivity contribution in [2.75, 3.05) is 0 Å². The molecule has 28 heavy (non-hydrogen) atoms. The summed E-state index contributed by atoms with van der Waals surface area (Å²) in [5.41, 5.74) is 2.09. The van der Waals surface area contributed by atoms with E-state index >= 15 is 0 Å². The van der Waals surface area contributed by atoms with Crippen LogP contribution in [0.2, 0.25) is 0 Å². The lowest BCUT2D eigenvalue weighted by Gasteiger charge is -2.38. The Hall–Kier alpha value is -1.31. The SMILES string of the molecule is CCC(C)(C)C(CC(C)(C)C)c1ccc(C(=O)OC(C)(C)C2CCCC2)cc1. The van der Waals surface area contributed by atoms with Gasteiger partial charge in [-0.15, -0.1) is 0 Å². The number of carbonyl (C=O) groups is 1. The average molecular weight is 387 g/mol. The Morgan fingerprint density at radius 2 is 1.54 bits per heavy atom. The first-order valence-corrected chi connectivity index (χ1v) is 11.2. The van der Waals surface area contributed by atoms with Crippen LogP contribution in [0.25, 0.3) is 0 Å². The minimum Gasteiger partial charge on any atom is -0.456 e. The van der Waals surface area contributed by atoms with Crippen LogP contribution in [0.15, 0.2) is 24.3 Å². The number of esters is 1. The molecule has 0 amide bonds. The van der Waals surface area contributed by atoms with Crippen LogP contribution in [-0.4, -0.2) is 11.6 Å². The highest BCUT2D eigenvalue weighted by Crippen LogP contribution is 2.45. The van der Waals surface area contributed by atoms with Crippen molar-refractivity contribution >= 4 is 5.97 Å². The first kappa shape index (κ1) is 23.0. The Bertz CT molecular complexity index is 640. The quantitative estimate of drug-likeness (QED) is 0.447. The standard InChI is InChI=1S/C26H42O2/c1-9-25(5,6)22(18-24(2,3)4)19-14-16-20(17-15-19)23(27)28-26(7,8)21-12-10-11-13-21/h14-17,21-22H,9-13,18H2,1-8H3. The molecule has 2 rings (SSSR count). The monoisotopic (exact) mass is 386 g/mol. The van der Waals surface area contributed by atoms with Gasteiger partial charge in [0, 0.05) is 0 Å². The predicted molar refractivity (Wildman–Crippen MR) is 119 cm³/mol. The molecule has 0 N–H and O–H groups in total. The summed E-state index contributed by atoms with van der Waals surface area (Å²) in [5, 5.41) is 0. The topological polar surface area (TPSA) is 26.3 Å². The third-order valence-corrected chi connectivity index (χ3v) is 6.91. The van der Waals surface area contributed by atoms with Crippen molar-refractivity contribution in [1.29, 1.82) is 0 Å². The maximum absolute atomic E-state index is 12.8. The van der Waals surface area contributed by atoms with Gasteiger partial charge in [-0.1, -0.05) is 72.9 Å². The van der Waals surface area contributed by atoms with Crippen LogP contribution in [0.3, 0.4) is 0 Å². The van der Waals surface area contributed by atoms with Gasteiger partial charge in [0.2, 0.25) is 0 Å². The molecule has 1 saturated carbocycles. The maximum atomic E-state index is 12.8. The van der Waals surface area contributed by atoms with E-state index in [2.05, 4.69) is 67.5 Å². The lowest BCUT2D eigenvalue weighted by Crippen LogP contribution is -2.35. The second kappa shape index (κ2) is 8.59. The lowest BCUT2D eigenvalue weighted by atomic mass is 9.67. The number of benzene rings is 1. The summed E-state index contributed by atoms with van der Waals surface area (Å²) in [5.74, 6) is 0.764. The Labute approximate surface area is 173 Å². The molecule has 0 aliphatic heterocycles. The van der Waals surface area contributed by atoms with E-state index in [1.54, 1.807) is 0 Å². The van der Waals surface area contributed by atoms with Gasteiger partial charge in [0.1, 0.15) is 5.60 Å². The van der Waals surface area contributed by atoms with Crippen LogP contribution in [0, 0.1) is 16.7 Å². The van der Waals surface area contributed by atoms with E-state index in [1.165, 1.54) is 31.2 Å². The number of hydrogen-bond donors (Lipinski definition) is 0. The highest BCUT2D eigenvalue weighted by Gasteiger charge is 2.36. The Balaban J connectivity index is 2.16. The van der Waals surface area contributed by atoms with Crippen molar-refractivity contribution in [1.82, 2.24) is 0 Å². The highest BCUT2D eigenvalue weighted by atomic mass is 16.6. The number of ether oxygens (including phenoxy) is 1. The van der Waals surface area contributed by atoms with Crippen LogP contribution in [0.1, 0.15) is 116 Å². The van der Waals surface area contributed by atoms with Gasteiger partial charge in [-0.05, 0) is 73.5 Å². The molecule has 0 bridgehead atoms. The van der Waals surface area contributed by atoms with E-state index in [4.69, 9.17) is 4.74 Å². The molecule has 0 radical (unpaired) electrons. The fraction of sp³-hybridized carbons (Fsp3) is 0.731. The van der Waals surface area contributed by atoms with Gasteiger partial charge < -0.3 is 4.74 Å². The smallest absolute Gasteiger partial charge is 0.338 e. The van der Waals surface area contributed by atoms with E-state index in [9.17, 15) is 4.79 Å². The summed E-state index contributed by atoms with van der Waals surface area (Å²) in [6, 6.07) is 8.22. The van der Waals surface area contributed by atoms with Crippen LogP contribution in [0.5, 0.6) is 0 Å². The highest BCUT2D eigenvalue weighted by molar-refractivity contribution is 5.89. The summed E-state index contributed by atoms with van der Waals surface area (Å²) in [7, 11) is 0. The van der Waals surface area contributed by atoms with E-state index in [0.717, 1.165) is 12.8 Å². The minimum absolute atomic E-state index is 0.189. The molecule has 2 nitrogen and oxygen atoms in total. The Morgan fingerprint density at radius 3 is 2.00 bits per heavy atom. The van der Waals surface area contributed by atoms with Crippen LogP contribution >= 0.6 is 0 Å². The Morgan fingerprint density at radius 1 is 1.00 bits per heavy atom. The molecule has 1 atom stereocenters. The number of hydrogen-bond acceptors (Lipinski definition) is 2. The largest absolute Gasteiger partial charge is 0.456 e. The van der Waals surface area contributed by atoms with Crippen molar-refractivity contribution in [2.45, 2.75) is 105 Å². The number of carbonyl (C=O) groups excluding carboxylic acids is 1. The third kappa shape index (κ3) is 5.84. The van der Waals surface area contributed by atoms with Gasteiger partial charge in [0.15, 0.2) is 0 Å². The summed E-state index contributed by atoms with van der Waals surface area (Å²) >= 11 is 0. The van der Waals surface area contributed by atoms with Crippen molar-refractivity contribution in [3.05, 3.63) is 35.4 Å². The van der Waals surface area contributed by atoms with Gasteiger partial charge >= 0.3 is 5.97 Å². The summed E-state index contributed by atoms with van der Waals surface area (Å²) in [4.78, 5) is 12.8. The molecule has 1 aliphatic carbocycles. The first-order valence-electron chi connectivity index (χ1n) is 11.2. The van der Waals surface area contributed by atoms with Crippen LogP contribution < -0.4 is 0 Å². The molecule has 0 spiro atoms. The fourth-order valence-corrected chi connectivity index (χ4v) is 4.56. The summed E-state index contributed by atoms with van der Waals surface area (Å²) < 4.78 is 5.94. The molecule has 1 fully saturated rings. The fourth-order valence-electron chi connectivity index (χ4n) is 4.56. The molecule has 0 aromatic heterocycles. The molecule has 2 heteroatoms. The Kier molecular flexibility index (Phi) is 7.05. The van der Waals surface area contributed by atoms with Crippen molar-refractivity contribution in [3.63, 3.8) is 0 Å². The normalized spacial score (nSPS) is 17.6. The zero-order valence-electron chi connectivity index (χ0n) is 19.5. The predicted octanol–water partition coefficient (Wildman–Crippen LogP) is 7.77. The van der Waals surface area contributed by atoms with Gasteiger partial charge in [-0.3, -0.25) is 0 Å². The van der Waals surface area contributed by atoms with E-state index in [1.807, 2.05) is 12.1 Å². The maximum Gasteiger partial charge on any atom is 0.338 e. The molecule has 0 heterocycles. The van der Waals surface area contributed by atoms with Gasteiger partial charge in [-0.2, -0.15) is 0 Å². The molecular formula is C26H42O2. The van der Waals surface area contributed by atoms with Crippen LogP contribution in [-0.2, 0) is 4.74 Å². The summed E-state index contributed by atoms with van der Waals surface area (Å²) in [6.45, 7) is 18.0. The van der Waals surface area contributed by atoms with Crippen molar-refractivity contribution in [2.24, 2.45) is 16.7 Å². The van der Waals surface area contributed by atoms with Crippen molar-refractivity contribution < 1.29 is 9.53 Å². The molecule has 1 aliphatic rings. The van der Waals surface area contributed by atoms with E-state index in [-0.39, 0.29) is 22.4 Å². The number of rotatable bonds is 7. The first-order chi connectivity index (χ1) is 12.9. The molecule has 0 saturated heterocycles. The second-order valence-corrected chi connectivity index (χ2v) is 11.3. The third-order valence-electron chi connectivity index (χ3n) is 6.91. The van der Waals surface area contributed by atoms with Gasteiger partial charge in [0.05, 0.1) is 5.56 Å². The molecule has 1 aromatic rings. The van der Waals surface area contributed by atoms with Gasteiger partial charge in [-0.25, -0.2) is 4.79 Å². The molecule has 158 valence electrons. The van der Waals surface area contributed by atoms with E-state index < -0.39 is 0 Å². The second-order valence-electron chi connectivity index (χ2n) is 11.3. The van der Waals surface area contributed by atoms with Crippen LogP contribution in [0.4, 0.5) is 0 Å². The van der Waals surface area contributed by atoms with Crippen molar-refractivity contribution in [3.8, 4) is 0 Å². The zero-order chi connectivity index (χ0) is 21.2.